The molecule has 0 saturated carbocycles. The van der Waals surface area contributed by atoms with E-state index in [-0.39, 0.29) is 0 Å². The minimum atomic E-state index is 0.605. The standard InChI is InChI=1S/C9H22N2O2/c1-11(5-3-7-12-2)6-9-13-8-4-10/h3-10H2,1-2H3. The maximum Gasteiger partial charge on any atom is 0.0593 e. The zero-order chi connectivity index (χ0) is 9.94. The lowest BCUT2D eigenvalue weighted by atomic mass is 10.4. The molecule has 0 aromatic carbocycles. The van der Waals surface area contributed by atoms with Crippen molar-refractivity contribution in [3.05, 3.63) is 0 Å². The SMILES string of the molecule is COCCCN(C)CCOCCN. The van der Waals surface area contributed by atoms with E-state index in [1.165, 1.54) is 0 Å². The van der Waals surface area contributed by atoms with Gasteiger partial charge in [0, 0.05) is 33.4 Å². The zero-order valence-electron chi connectivity index (χ0n) is 8.79. The first-order valence-electron chi connectivity index (χ1n) is 4.76. The van der Waals surface area contributed by atoms with Crippen molar-refractivity contribution in [2.24, 2.45) is 5.73 Å². The highest BCUT2D eigenvalue weighted by atomic mass is 16.5. The van der Waals surface area contributed by atoms with Crippen LogP contribution in [0.2, 0.25) is 0 Å². The summed E-state index contributed by atoms with van der Waals surface area (Å²) in [5.41, 5.74) is 5.29. The molecule has 0 aliphatic carbocycles. The van der Waals surface area contributed by atoms with Crippen molar-refractivity contribution >= 4 is 0 Å². The molecule has 80 valence electrons. The van der Waals surface area contributed by atoms with Crippen molar-refractivity contribution < 1.29 is 9.47 Å². The van der Waals surface area contributed by atoms with Crippen LogP contribution in [0.25, 0.3) is 0 Å². The Hall–Kier alpha value is -0.160. The van der Waals surface area contributed by atoms with Gasteiger partial charge in [0.1, 0.15) is 0 Å². The predicted octanol–water partition coefficient (Wildman–Crippen LogP) is -0.0700. The number of nitrogens with two attached hydrogens (primary N) is 1. The normalized spacial score (nSPS) is 11.1. The molecule has 0 aliphatic rings. The van der Waals surface area contributed by atoms with Crippen molar-refractivity contribution in [1.82, 2.24) is 4.90 Å². The van der Waals surface area contributed by atoms with Crippen LogP contribution in [0.3, 0.4) is 0 Å². The van der Waals surface area contributed by atoms with Gasteiger partial charge in [-0.25, -0.2) is 0 Å². The summed E-state index contributed by atoms with van der Waals surface area (Å²) >= 11 is 0. The average molecular weight is 190 g/mol. The fourth-order valence-corrected chi connectivity index (χ4v) is 0.996. The first-order chi connectivity index (χ1) is 6.31. The Bertz CT molecular complexity index is 102. The second-order valence-corrected chi connectivity index (χ2v) is 3.05. The summed E-state index contributed by atoms with van der Waals surface area (Å²) in [6.07, 6.45) is 1.07. The average Bonchev–Trinajstić information content (AvgIpc) is 2.13. The third kappa shape index (κ3) is 9.76. The minimum absolute atomic E-state index is 0.605. The van der Waals surface area contributed by atoms with Crippen molar-refractivity contribution in [2.45, 2.75) is 6.42 Å². The van der Waals surface area contributed by atoms with Crippen molar-refractivity contribution in [3.8, 4) is 0 Å². The highest BCUT2D eigenvalue weighted by Gasteiger charge is 1.96. The van der Waals surface area contributed by atoms with Crippen molar-refractivity contribution in [2.75, 3.05) is 53.6 Å². The zero-order valence-corrected chi connectivity index (χ0v) is 8.79. The molecule has 0 bridgehead atoms. The molecule has 0 rings (SSSR count). The van der Waals surface area contributed by atoms with Crippen LogP contribution < -0.4 is 5.73 Å². The third-order valence-electron chi connectivity index (χ3n) is 1.77. The molecule has 0 amide bonds. The maximum absolute atomic E-state index is 5.29. The van der Waals surface area contributed by atoms with Crippen LogP contribution in [0.1, 0.15) is 6.42 Å². The monoisotopic (exact) mass is 190 g/mol. The number of ether oxygens (including phenoxy) is 2. The van der Waals surface area contributed by atoms with E-state index in [1.54, 1.807) is 7.11 Å². The summed E-state index contributed by atoms with van der Waals surface area (Å²) in [4.78, 5) is 2.23. The van der Waals surface area contributed by atoms with Gasteiger partial charge in [0.25, 0.3) is 0 Å². The first kappa shape index (κ1) is 12.8. The summed E-state index contributed by atoms with van der Waals surface area (Å²) in [5, 5.41) is 0. The number of rotatable bonds is 9. The highest BCUT2D eigenvalue weighted by molar-refractivity contribution is 4.50. The molecule has 4 nitrogen and oxygen atoms in total. The van der Waals surface area contributed by atoms with Gasteiger partial charge in [-0.3, -0.25) is 0 Å². The van der Waals surface area contributed by atoms with E-state index in [1.807, 2.05) is 0 Å². The van der Waals surface area contributed by atoms with Gasteiger partial charge in [-0.15, -0.1) is 0 Å². The van der Waals surface area contributed by atoms with E-state index in [2.05, 4.69) is 11.9 Å². The molecule has 4 heteroatoms. The first-order valence-corrected chi connectivity index (χ1v) is 4.76. The van der Waals surface area contributed by atoms with Gasteiger partial charge in [-0.1, -0.05) is 0 Å². The molecule has 0 radical (unpaired) electrons. The molecular formula is C9H22N2O2. The molecule has 0 spiro atoms. The fraction of sp³-hybridized carbons (Fsp3) is 1.00. The number of hydrogen-bond donors (Lipinski definition) is 1. The molecule has 0 aromatic heterocycles. The van der Waals surface area contributed by atoms with Crippen LogP contribution in [0.4, 0.5) is 0 Å². The predicted molar refractivity (Wildman–Crippen MR) is 53.9 cm³/mol. The largest absolute Gasteiger partial charge is 0.385 e. The highest BCUT2D eigenvalue weighted by Crippen LogP contribution is 1.88. The molecule has 0 fully saturated rings. The summed E-state index contributed by atoms with van der Waals surface area (Å²) in [6.45, 7) is 4.87. The van der Waals surface area contributed by atoms with E-state index in [9.17, 15) is 0 Å². The third-order valence-corrected chi connectivity index (χ3v) is 1.77. The van der Waals surface area contributed by atoms with E-state index in [4.69, 9.17) is 15.2 Å². The maximum atomic E-state index is 5.29. The Morgan fingerprint density at radius 3 is 2.54 bits per heavy atom. The Morgan fingerprint density at radius 1 is 1.15 bits per heavy atom. The summed E-state index contributed by atoms with van der Waals surface area (Å²) in [6, 6.07) is 0. The lowest BCUT2D eigenvalue weighted by molar-refractivity contribution is 0.112. The van der Waals surface area contributed by atoms with E-state index >= 15 is 0 Å². The smallest absolute Gasteiger partial charge is 0.0593 e. The Labute approximate surface area is 81.0 Å². The molecule has 0 aromatic rings. The molecule has 2 N–H and O–H groups in total. The lowest BCUT2D eigenvalue weighted by Gasteiger charge is -2.15. The van der Waals surface area contributed by atoms with Crippen LogP contribution in [0.15, 0.2) is 0 Å². The molecule has 0 aliphatic heterocycles. The van der Waals surface area contributed by atoms with Crippen LogP contribution in [0.5, 0.6) is 0 Å². The summed E-state index contributed by atoms with van der Waals surface area (Å²) in [7, 11) is 3.81. The fourth-order valence-electron chi connectivity index (χ4n) is 0.996. The van der Waals surface area contributed by atoms with Gasteiger partial charge in [-0.2, -0.15) is 0 Å². The van der Waals surface area contributed by atoms with Crippen LogP contribution >= 0.6 is 0 Å². The van der Waals surface area contributed by atoms with Gasteiger partial charge >= 0.3 is 0 Å². The van der Waals surface area contributed by atoms with E-state index < -0.39 is 0 Å². The van der Waals surface area contributed by atoms with Gasteiger partial charge < -0.3 is 20.1 Å². The van der Waals surface area contributed by atoms with Gasteiger partial charge in [0.15, 0.2) is 0 Å². The van der Waals surface area contributed by atoms with E-state index in [0.29, 0.717) is 13.2 Å². The molecule has 0 unspecified atom stereocenters. The molecule has 13 heavy (non-hydrogen) atoms. The Balaban J connectivity index is 3.05. The minimum Gasteiger partial charge on any atom is -0.385 e. The second-order valence-electron chi connectivity index (χ2n) is 3.05. The number of methoxy groups -OCH3 is 1. The Kier molecular flexibility index (Phi) is 9.80. The van der Waals surface area contributed by atoms with Gasteiger partial charge in [0.2, 0.25) is 0 Å². The molecule has 0 saturated heterocycles. The summed E-state index contributed by atoms with van der Waals surface area (Å²) < 4.78 is 10.2. The van der Waals surface area contributed by atoms with Crippen LogP contribution in [-0.2, 0) is 9.47 Å². The van der Waals surface area contributed by atoms with Crippen molar-refractivity contribution in [3.63, 3.8) is 0 Å². The lowest BCUT2D eigenvalue weighted by Crippen LogP contribution is -2.25. The molecular weight excluding hydrogens is 168 g/mol. The second kappa shape index (κ2) is 9.92. The molecule has 0 atom stereocenters. The van der Waals surface area contributed by atoms with Gasteiger partial charge in [0.05, 0.1) is 13.2 Å². The number of hydrogen-bond acceptors (Lipinski definition) is 4. The topological polar surface area (TPSA) is 47.7 Å². The summed E-state index contributed by atoms with van der Waals surface area (Å²) in [5.74, 6) is 0. The van der Waals surface area contributed by atoms with Crippen molar-refractivity contribution in [1.29, 1.82) is 0 Å². The Morgan fingerprint density at radius 2 is 1.92 bits per heavy atom. The number of likely N-dealkylation sites (N-methyl/N-ethyl adjacent to an activating group) is 1. The van der Waals surface area contributed by atoms with Crippen LogP contribution in [0, 0.1) is 0 Å². The number of nitrogens with zero attached hydrogens (tertiary/aromatic N) is 1. The van der Waals surface area contributed by atoms with Crippen LogP contribution in [-0.4, -0.2) is 58.5 Å². The van der Waals surface area contributed by atoms with E-state index in [0.717, 1.165) is 32.7 Å². The molecule has 0 heterocycles. The quantitative estimate of drug-likeness (QED) is 0.517. The van der Waals surface area contributed by atoms with Gasteiger partial charge in [-0.05, 0) is 13.5 Å².